The monoisotopic (exact) mass is 340 g/mol. The molecule has 7 heteroatoms. The summed E-state index contributed by atoms with van der Waals surface area (Å²) in [6.45, 7) is 0.0224. The summed E-state index contributed by atoms with van der Waals surface area (Å²) in [6, 6.07) is 8.78. The van der Waals surface area contributed by atoms with Crippen LogP contribution in [0.15, 0.2) is 40.9 Å². The molecule has 0 heterocycles. The maximum atomic E-state index is 13.3. The second-order valence-electron chi connectivity index (χ2n) is 3.97. The number of nitrogens with two attached hydrogens (primary N) is 1. The van der Waals surface area contributed by atoms with Crippen LogP contribution in [-0.2, 0) is 6.61 Å². The Hall–Kier alpha value is -2.15. The summed E-state index contributed by atoms with van der Waals surface area (Å²) in [4.78, 5) is 10.2. The zero-order chi connectivity index (χ0) is 14.7. The maximum Gasteiger partial charge on any atom is 0.292 e. The van der Waals surface area contributed by atoms with Crippen LogP contribution in [0.4, 0.5) is 15.8 Å². The van der Waals surface area contributed by atoms with Crippen LogP contribution in [0.1, 0.15) is 5.56 Å². The largest absolute Gasteiger partial charge is 0.489 e. The number of nitrogen functional groups attached to an aromatic ring is 1. The molecule has 0 radical (unpaired) electrons. The van der Waals surface area contributed by atoms with Crippen LogP contribution in [0.2, 0.25) is 0 Å². The lowest BCUT2D eigenvalue weighted by Crippen LogP contribution is -2.03. The maximum absolute atomic E-state index is 13.3. The first-order valence-corrected chi connectivity index (χ1v) is 6.38. The molecule has 0 aliphatic rings. The number of halogens is 2. The van der Waals surface area contributed by atoms with Gasteiger partial charge in [-0.1, -0.05) is 12.1 Å². The normalized spacial score (nSPS) is 10.3. The van der Waals surface area contributed by atoms with E-state index in [4.69, 9.17) is 10.5 Å². The van der Waals surface area contributed by atoms with Crippen molar-refractivity contribution in [2.75, 3.05) is 5.73 Å². The number of para-hydroxylation sites is 1. The number of nitro groups is 1. The summed E-state index contributed by atoms with van der Waals surface area (Å²) in [5.74, 6) is -0.133. The first-order valence-electron chi connectivity index (χ1n) is 5.58. The van der Waals surface area contributed by atoms with Gasteiger partial charge in [-0.2, -0.15) is 0 Å². The van der Waals surface area contributed by atoms with Gasteiger partial charge in [-0.15, -0.1) is 0 Å². The van der Waals surface area contributed by atoms with Crippen LogP contribution in [0.5, 0.6) is 5.75 Å². The minimum atomic E-state index is -0.557. The second-order valence-corrected chi connectivity index (χ2v) is 4.83. The van der Waals surface area contributed by atoms with Crippen molar-refractivity contribution in [2.24, 2.45) is 0 Å². The molecule has 0 aromatic heterocycles. The summed E-state index contributed by atoms with van der Waals surface area (Å²) in [6.07, 6.45) is 0. The third kappa shape index (κ3) is 3.05. The smallest absolute Gasteiger partial charge is 0.292 e. The van der Waals surface area contributed by atoms with Gasteiger partial charge in [-0.05, 0) is 28.1 Å². The predicted molar refractivity (Wildman–Crippen MR) is 75.9 cm³/mol. The molecule has 0 saturated carbocycles. The highest BCUT2D eigenvalue weighted by atomic mass is 79.9. The number of rotatable bonds is 4. The molecule has 0 spiro atoms. The fraction of sp³-hybridized carbons (Fsp3) is 0.0769. The number of hydrogen-bond donors (Lipinski definition) is 1. The number of ether oxygens (including phenoxy) is 1. The minimum Gasteiger partial charge on any atom is -0.489 e. The zero-order valence-corrected chi connectivity index (χ0v) is 11.8. The van der Waals surface area contributed by atoms with Crippen LogP contribution < -0.4 is 10.5 Å². The van der Waals surface area contributed by atoms with Crippen molar-refractivity contribution in [1.82, 2.24) is 0 Å². The van der Waals surface area contributed by atoms with Gasteiger partial charge in [0.1, 0.15) is 23.9 Å². The Kier molecular flexibility index (Phi) is 4.19. The summed E-state index contributed by atoms with van der Waals surface area (Å²) >= 11 is 3.04. The molecule has 5 nitrogen and oxygen atoms in total. The van der Waals surface area contributed by atoms with E-state index < -0.39 is 10.7 Å². The quantitative estimate of drug-likeness (QED) is 0.523. The van der Waals surface area contributed by atoms with Gasteiger partial charge >= 0.3 is 0 Å². The second kappa shape index (κ2) is 5.87. The lowest BCUT2D eigenvalue weighted by Gasteiger charge is -2.09. The molecule has 0 amide bonds. The Morgan fingerprint density at radius 1 is 1.35 bits per heavy atom. The Morgan fingerprint density at radius 2 is 2.10 bits per heavy atom. The molecule has 0 bridgehead atoms. The van der Waals surface area contributed by atoms with Crippen LogP contribution in [-0.4, -0.2) is 4.92 Å². The first kappa shape index (κ1) is 14.3. The average Bonchev–Trinajstić information content (AvgIpc) is 2.41. The van der Waals surface area contributed by atoms with E-state index in [1.54, 1.807) is 12.1 Å². The average molecular weight is 341 g/mol. The van der Waals surface area contributed by atoms with Crippen LogP contribution >= 0.6 is 15.9 Å². The molecule has 2 aromatic rings. The van der Waals surface area contributed by atoms with Crippen molar-refractivity contribution in [2.45, 2.75) is 6.61 Å². The number of hydrogen-bond acceptors (Lipinski definition) is 4. The summed E-state index contributed by atoms with van der Waals surface area (Å²) in [5, 5.41) is 10.8. The number of anilines is 1. The van der Waals surface area contributed by atoms with Crippen molar-refractivity contribution in [3.8, 4) is 5.75 Å². The molecule has 2 N–H and O–H groups in total. The predicted octanol–water partition coefficient (Wildman–Crippen LogP) is 3.66. The molecular weight excluding hydrogens is 331 g/mol. The lowest BCUT2D eigenvalue weighted by molar-refractivity contribution is -0.384. The number of nitro benzene ring substituents is 1. The Morgan fingerprint density at radius 3 is 2.75 bits per heavy atom. The molecule has 0 saturated heterocycles. The molecule has 0 aliphatic heterocycles. The standard InChI is InChI=1S/C13H10BrFN2O3/c14-10-5-4-9(6-11(10)15)20-7-8-2-1-3-12(13(8)16)17(18)19/h1-6H,7,16H2. The van der Waals surface area contributed by atoms with Gasteiger partial charge in [-0.25, -0.2) is 4.39 Å². The molecule has 2 rings (SSSR count). The number of nitrogens with zero attached hydrogens (tertiary/aromatic N) is 1. The van der Waals surface area contributed by atoms with Gasteiger partial charge in [0, 0.05) is 17.7 Å². The van der Waals surface area contributed by atoms with E-state index in [0.29, 0.717) is 15.8 Å². The molecule has 20 heavy (non-hydrogen) atoms. The van der Waals surface area contributed by atoms with Gasteiger partial charge in [0.05, 0.1) is 9.40 Å². The fourth-order valence-corrected chi connectivity index (χ4v) is 1.86. The zero-order valence-electron chi connectivity index (χ0n) is 10.2. The highest BCUT2D eigenvalue weighted by Gasteiger charge is 2.14. The number of benzene rings is 2. The molecule has 0 atom stereocenters. The summed E-state index contributed by atoms with van der Waals surface area (Å²) in [5.41, 5.74) is 6.05. The summed E-state index contributed by atoms with van der Waals surface area (Å²) < 4.78 is 19.0. The minimum absolute atomic E-state index is 0.0224. The van der Waals surface area contributed by atoms with Crippen LogP contribution in [0.3, 0.4) is 0 Å². The van der Waals surface area contributed by atoms with E-state index in [-0.39, 0.29) is 18.0 Å². The van der Waals surface area contributed by atoms with Gasteiger partial charge in [-0.3, -0.25) is 10.1 Å². The van der Waals surface area contributed by atoms with E-state index in [9.17, 15) is 14.5 Å². The Balaban J connectivity index is 2.17. The van der Waals surface area contributed by atoms with E-state index in [1.807, 2.05) is 0 Å². The molecule has 0 fully saturated rings. The first-order chi connectivity index (χ1) is 9.49. The highest BCUT2D eigenvalue weighted by Crippen LogP contribution is 2.27. The highest BCUT2D eigenvalue weighted by molar-refractivity contribution is 9.10. The van der Waals surface area contributed by atoms with E-state index in [2.05, 4.69) is 15.9 Å². The lowest BCUT2D eigenvalue weighted by atomic mass is 10.1. The van der Waals surface area contributed by atoms with Crippen molar-refractivity contribution in [1.29, 1.82) is 0 Å². The fourth-order valence-electron chi connectivity index (χ4n) is 1.61. The molecule has 104 valence electrons. The van der Waals surface area contributed by atoms with Crippen molar-refractivity contribution in [3.63, 3.8) is 0 Å². The topological polar surface area (TPSA) is 78.4 Å². The third-order valence-electron chi connectivity index (χ3n) is 2.66. The third-order valence-corrected chi connectivity index (χ3v) is 3.30. The van der Waals surface area contributed by atoms with Crippen molar-refractivity contribution < 1.29 is 14.1 Å². The molecule has 0 aliphatic carbocycles. The van der Waals surface area contributed by atoms with Crippen molar-refractivity contribution in [3.05, 3.63) is 62.4 Å². The molecule has 0 unspecified atom stereocenters. The van der Waals surface area contributed by atoms with E-state index in [1.165, 1.54) is 24.3 Å². The van der Waals surface area contributed by atoms with Gasteiger partial charge in [0.2, 0.25) is 0 Å². The van der Waals surface area contributed by atoms with Gasteiger partial charge < -0.3 is 10.5 Å². The summed E-state index contributed by atoms with van der Waals surface area (Å²) in [7, 11) is 0. The van der Waals surface area contributed by atoms with Gasteiger partial charge in [0.15, 0.2) is 0 Å². The van der Waals surface area contributed by atoms with Gasteiger partial charge in [0.25, 0.3) is 5.69 Å². The van der Waals surface area contributed by atoms with Crippen LogP contribution in [0, 0.1) is 15.9 Å². The molecular formula is C13H10BrFN2O3. The van der Waals surface area contributed by atoms with E-state index in [0.717, 1.165) is 0 Å². The van der Waals surface area contributed by atoms with Crippen LogP contribution in [0.25, 0.3) is 0 Å². The molecule has 2 aromatic carbocycles. The Bertz CT molecular complexity index is 664. The SMILES string of the molecule is Nc1c(COc2ccc(Br)c(F)c2)cccc1[N+](=O)[O-]. The Labute approximate surface area is 122 Å². The van der Waals surface area contributed by atoms with E-state index >= 15 is 0 Å². The van der Waals surface area contributed by atoms with Crippen molar-refractivity contribution >= 4 is 27.3 Å².